The highest BCUT2D eigenvalue weighted by Gasteiger charge is 2.27. The second-order valence-electron chi connectivity index (χ2n) is 5.80. The largest absolute Gasteiger partial charge is 0.397 e. The van der Waals surface area contributed by atoms with Gasteiger partial charge >= 0.3 is 0 Å². The first-order chi connectivity index (χ1) is 8.99. The summed E-state index contributed by atoms with van der Waals surface area (Å²) < 4.78 is 13.8. The van der Waals surface area contributed by atoms with E-state index in [1.807, 2.05) is 0 Å². The molecular formula is C15H22BrFN2. The van der Waals surface area contributed by atoms with Crippen molar-refractivity contribution in [2.75, 3.05) is 11.1 Å². The fourth-order valence-corrected chi connectivity index (χ4v) is 3.37. The number of hydrogen-bond donors (Lipinski definition) is 2. The van der Waals surface area contributed by atoms with Gasteiger partial charge in [-0.25, -0.2) is 4.39 Å². The second-order valence-corrected chi connectivity index (χ2v) is 6.65. The Bertz CT molecular complexity index is 448. The summed E-state index contributed by atoms with van der Waals surface area (Å²) in [6, 6.07) is 3.56. The Kier molecular flexibility index (Phi) is 4.71. The number of nitrogens with two attached hydrogens (primary N) is 1. The molecule has 0 radical (unpaired) electrons. The molecule has 1 aliphatic carbocycles. The van der Waals surface area contributed by atoms with E-state index in [1.54, 1.807) is 6.07 Å². The van der Waals surface area contributed by atoms with E-state index >= 15 is 0 Å². The molecule has 3 N–H and O–H groups in total. The fourth-order valence-electron chi connectivity index (χ4n) is 3.02. The van der Waals surface area contributed by atoms with Gasteiger partial charge in [-0.2, -0.15) is 0 Å². The van der Waals surface area contributed by atoms with Gasteiger partial charge in [0.05, 0.1) is 15.8 Å². The Balaban J connectivity index is 2.17. The van der Waals surface area contributed by atoms with Crippen molar-refractivity contribution in [3.05, 3.63) is 22.4 Å². The minimum Gasteiger partial charge on any atom is -0.397 e. The zero-order chi connectivity index (χ0) is 14.0. The molecule has 0 heterocycles. The van der Waals surface area contributed by atoms with E-state index in [2.05, 4.69) is 35.1 Å². The fraction of sp³-hybridized carbons (Fsp3) is 0.600. The number of benzene rings is 1. The van der Waals surface area contributed by atoms with E-state index in [1.165, 1.54) is 25.3 Å². The van der Waals surface area contributed by atoms with E-state index in [0.29, 0.717) is 28.0 Å². The number of nitrogen functional groups attached to an aromatic ring is 1. The molecule has 2 nitrogen and oxygen atoms in total. The first-order valence-electron chi connectivity index (χ1n) is 7.00. The predicted octanol–water partition coefficient (Wildman–Crippen LogP) is 4.80. The monoisotopic (exact) mass is 328 g/mol. The highest BCUT2D eigenvalue weighted by molar-refractivity contribution is 9.10. The lowest BCUT2D eigenvalue weighted by atomic mass is 9.78. The minimum absolute atomic E-state index is 0.313. The van der Waals surface area contributed by atoms with Crippen molar-refractivity contribution in [2.24, 2.45) is 11.8 Å². The van der Waals surface area contributed by atoms with Gasteiger partial charge in [0.25, 0.3) is 0 Å². The average Bonchev–Trinajstić information content (AvgIpc) is 2.36. The molecule has 2 atom stereocenters. The van der Waals surface area contributed by atoms with Crippen molar-refractivity contribution < 1.29 is 4.39 Å². The zero-order valence-corrected chi connectivity index (χ0v) is 13.1. The molecule has 0 saturated heterocycles. The molecule has 0 aliphatic heterocycles. The lowest BCUT2D eigenvalue weighted by Gasteiger charge is -2.35. The molecule has 1 saturated carbocycles. The third-order valence-corrected chi connectivity index (χ3v) is 4.72. The lowest BCUT2D eigenvalue weighted by molar-refractivity contribution is 0.254. The standard InChI is InChI=1S/C15H22BrFN2/c1-9(2)10-5-3-4-6-14(10)19-15-7-11(16)12(17)8-13(15)18/h7-10,14,19H,3-6,18H2,1-2H3. The summed E-state index contributed by atoms with van der Waals surface area (Å²) in [6.07, 6.45) is 4.99. The van der Waals surface area contributed by atoms with Gasteiger partial charge in [-0.05, 0) is 46.7 Å². The molecule has 0 bridgehead atoms. The molecule has 0 spiro atoms. The molecule has 1 fully saturated rings. The van der Waals surface area contributed by atoms with Gasteiger partial charge in [0, 0.05) is 12.1 Å². The van der Waals surface area contributed by atoms with Crippen LogP contribution in [0.2, 0.25) is 0 Å². The van der Waals surface area contributed by atoms with Crippen LogP contribution >= 0.6 is 15.9 Å². The smallest absolute Gasteiger partial charge is 0.139 e. The maximum atomic E-state index is 13.4. The van der Waals surface area contributed by atoms with E-state index < -0.39 is 0 Å². The van der Waals surface area contributed by atoms with Crippen LogP contribution in [-0.2, 0) is 0 Å². The second kappa shape index (κ2) is 6.12. The van der Waals surface area contributed by atoms with Crippen LogP contribution in [-0.4, -0.2) is 6.04 Å². The Morgan fingerprint density at radius 1 is 1.32 bits per heavy atom. The molecule has 106 valence electrons. The third kappa shape index (κ3) is 3.41. The molecule has 0 amide bonds. The van der Waals surface area contributed by atoms with Gasteiger partial charge in [0.1, 0.15) is 5.82 Å². The van der Waals surface area contributed by atoms with Crippen LogP contribution < -0.4 is 11.1 Å². The van der Waals surface area contributed by atoms with Crippen molar-refractivity contribution in [1.82, 2.24) is 0 Å². The lowest BCUT2D eigenvalue weighted by Crippen LogP contribution is -2.35. The minimum atomic E-state index is -0.313. The highest BCUT2D eigenvalue weighted by atomic mass is 79.9. The van der Waals surface area contributed by atoms with E-state index in [-0.39, 0.29) is 5.82 Å². The van der Waals surface area contributed by atoms with Crippen LogP contribution in [0.25, 0.3) is 0 Å². The molecule has 1 aliphatic rings. The summed E-state index contributed by atoms with van der Waals surface area (Å²) in [5.41, 5.74) is 7.22. The quantitative estimate of drug-likeness (QED) is 0.782. The summed E-state index contributed by atoms with van der Waals surface area (Å²) in [5.74, 6) is 1.01. The Morgan fingerprint density at radius 2 is 2.00 bits per heavy atom. The van der Waals surface area contributed by atoms with Crippen LogP contribution in [0.15, 0.2) is 16.6 Å². The molecule has 4 heteroatoms. The molecule has 0 aromatic heterocycles. The highest BCUT2D eigenvalue weighted by Crippen LogP contribution is 2.34. The van der Waals surface area contributed by atoms with Gasteiger partial charge in [0.15, 0.2) is 0 Å². The van der Waals surface area contributed by atoms with Crippen molar-refractivity contribution >= 4 is 27.3 Å². The summed E-state index contributed by atoms with van der Waals surface area (Å²) in [6.45, 7) is 4.54. The topological polar surface area (TPSA) is 38.0 Å². The van der Waals surface area contributed by atoms with Gasteiger partial charge in [0.2, 0.25) is 0 Å². The van der Waals surface area contributed by atoms with E-state index in [0.717, 1.165) is 12.1 Å². The Hall–Kier alpha value is -0.770. The van der Waals surface area contributed by atoms with Gasteiger partial charge in [-0.1, -0.05) is 26.7 Å². The number of hydrogen-bond acceptors (Lipinski definition) is 2. The predicted molar refractivity (Wildman–Crippen MR) is 82.7 cm³/mol. The maximum Gasteiger partial charge on any atom is 0.139 e. The average molecular weight is 329 g/mol. The van der Waals surface area contributed by atoms with Gasteiger partial charge in [-0.15, -0.1) is 0 Å². The molecular weight excluding hydrogens is 307 g/mol. The van der Waals surface area contributed by atoms with Gasteiger partial charge < -0.3 is 11.1 Å². The van der Waals surface area contributed by atoms with Crippen LogP contribution in [0.1, 0.15) is 39.5 Å². The van der Waals surface area contributed by atoms with E-state index in [4.69, 9.17) is 5.73 Å². The molecule has 1 aromatic carbocycles. The number of nitrogens with one attached hydrogen (secondary N) is 1. The SMILES string of the molecule is CC(C)C1CCCCC1Nc1cc(Br)c(F)cc1N. The Morgan fingerprint density at radius 3 is 2.68 bits per heavy atom. The Labute approximate surface area is 123 Å². The van der Waals surface area contributed by atoms with Gasteiger partial charge in [-0.3, -0.25) is 0 Å². The number of anilines is 2. The molecule has 1 aromatic rings. The summed E-state index contributed by atoms with van der Waals surface area (Å²) in [5, 5.41) is 3.53. The van der Waals surface area contributed by atoms with Crippen LogP contribution in [0.4, 0.5) is 15.8 Å². The molecule has 2 unspecified atom stereocenters. The van der Waals surface area contributed by atoms with Crippen molar-refractivity contribution in [2.45, 2.75) is 45.6 Å². The molecule has 2 rings (SSSR count). The summed E-state index contributed by atoms with van der Waals surface area (Å²) in [4.78, 5) is 0. The summed E-state index contributed by atoms with van der Waals surface area (Å²) >= 11 is 3.22. The van der Waals surface area contributed by atoms with Crippen molar-refractivity contribution in [1.29, 1.82) is 0 Å². The van der Waals surface area contributed by atoms with Crippen LogP contribution in [0.5, 0.6) is 0 Å². The van der Waals surface area contributed by atoms with Crippen LogP contribution in [0, 0.1) is 17.7 Å². The number of halogens is 2. The van der Waals surface area contributed by atoms with E-state index in [9.17, 15) is 4.39 Å². The first-order valence-corrected chi connectivity index (χ1v) is 7.79. The zero-order valence-electron chi connectivity index (χ0n) is 11.5. The summed E-state index contributed by atoms with van der Waals surface area (Å²) in [7, 11) is 0. The van der Waals surface area contributed by atoms with Crippen molar-refractivity contribution in [3.63, 3.8) is 0 Å². The normalized spacial score (nSPS) is 23.6. The van der Waals surface area contributed by atoms with Crippen molar-refractivity contribution in [3.8, 4) is 0 Å². The third-order valence-electron chi connectivity index (χ3n) is 4.11. The van der Waals surface area contributed by atoms with Crippen LogP contribution in [0.3, 0.4) is 0 Å². The molecule has 19 heavy (non-hydrogen) atoms. The maximum absolute atomic E-state index is 13.4. The first kappa shape index (κ1) is 14.6. The number of rotatable bonds is 3.